The molecule has 0 N–H and O–H groups in total. The molecule has 0 spiro atoms. The van der Waals surface area contributed by atoms with Gasteiger partial charge in [-0.15, -0.1) is 0 Å². The Balaban J connectivity index is 3.20. The lowest BCUT2D eigenvalue weighted by atomic mass is 9.94. The number of rotatable bonds is 7. The van der Waals surface area contributed by atoms with E-state index in [2.05, 4.69) is 14.9 Å². The Morgan fingerprint density at radius 2 is 1.85 bits per heavy atom. The fourth-order valence-electron chi connectivity index (χ4n) is 2.20. The van der Waals surface area contributed by atoms with Gasteiger partial charge in [0.1, 0.15) is 0 Å². The number of methoxy groups -OCH3 is 2. The van der Waals surface area contributed by atoms with Crippen molar-refractivity contribution in [1.82, 2.24) is 14.9 Å². The molecule has 1 aromatic rings. The van der Waals surface area contributed by atoms with Crippen LogP contribution in [0.15, 0.2) is 6.20 Å². The summed E-state index contributed by atoms with van der Waals surface area (Å²) in [6.45, 7) is 9.37. The number of nitrogens with zero attached hydrogens (tertiary/aromatic N) is 3. The van der Waals surface area contributed by atoms with Crippen molar-refractivity contribution in [3.05, 3.63) is 11.9 Å². The Hall–Kier alpha value is -1.69. The van der Waals surface area contributed by atoms with E-state index in [1.54, 1.807) is 0 Å². The van der Waals surface area contributed by atoms with Gasteiger partial charge < -0.3 is 9.47 Å². The van der Waals surface area contributed by atoms with Gasteiger partial charge in [-0.05, 0) is 26.9 Å². The van der Waals surface area contributed by atoms with E-state index in [-0.39, 0.29) is 17.4 Å². The Morgan fingerprint density at radius 3 is 2.30 bits per heavy atom. The molecule has 0 aliphatic carbocycles. The van der Waals surface area contributed by atoms with Gasteiger partial charge in [0.15, 0.2) is 5.69 Å². The third-order valence-corrected chi connectivity index (χ3v) is 3.45. The predicted molar refractivity (Wildman–Crippen MR) is 76.5 cm³/mol. The maximum atomic E-state index is 12.7. The van der Waals surface area contributed by atoms with E-state index >= 15 is 0 Å². The van der Waals surface area contributed by atoms with E-state index in [0.29, 0.717) is 5.88 Å². The van der Waals surface area contributed by atoms with Crippen molar-refractivity contribution in [3.63, 3.8) is 0 Å². The molecule has 0 radical (unpaired) electrons. The Morgan fingerprint density at radius 1 is 1.25 bits per heavy atom. The van der Waals surface area contributed by atoms with Crippen molar-refractivity contribution in [3.8, 4) is 11.8 Å². The maximum absolute atomic E-state index is 12.7. The van der Waals surface area contributed by atoms with Gasteiger partial charge in [0.05, 0.1) is 26.0 Å². The molecule has 1 aromatic heterocycles. The number of ether oxygens (including phenoxy) is 2. The summed E-state index contributed by atoms with van der Waals surface area (Å²) in [5.41, 5.74) is -0.440. The third kappa shape index (κ3) is 3.07. The topological polar surface area (TPSA) is 64.6 Å². The Labute approximate surface area is 120 Å². The molecule has 0 bridgehead atoms. The molecule has 0 amide bonds. The Kier molecular flexibility index (Phi) is 5.44. The molecule has 112 valence electrons. The first-order valence-corrected chi connectivity index (χ1v) is 6.67. The number of hydrogen-bond acceptors (Lipinski definition) is 6. The van der Waals surface area contributed by atoms with Crippen LogP contribution in [0.3, 0.4) is 0 Å². The number of hydrogen-bond donors (Lipinski definition) is 0. The number of Topliss-reactive ketones (excluding diaryl/α,β-unsaturated/α-hetero) is 1. The third-order valence-electron chi connectivity index (χ3n) is 3.45. The second-order valence-electron chi connectivity index (χ2n) is 4.83. The molecule has 0 saturated carbocycles. The van der Waals surface area contributed by atoms with Crippen LogP contribution in [-0.4, -0.2) is 53.5 Å². The second-order valence-corrected chi connectivity index (χ2v) is 4.83. The average molecular weight is 281 g/mol. The fourth-order valence-corrected chi connectivity index (χ4v) is 2.20. The highest BCUT2D eigenvalue weighted by atomic mass is 16.5. The molecule has 0 saturated heterocycles. The molecule has 20 heavy (non-hydrogen) atoms. The van der Waals surface area contributed by atoms with Gasteiger partial charge in [0.2, 0.25) is 17.5 Å². The summed E-state index contributed by atoms with van der Waals surface area (Å²) in [6, 6.07) is 0. The van der Waals surface area contributed by atoms with E-state index in [1.165, 1.54) is 20.4 Å². The largest absolute Gasteiger partial charge is 0.480 e. The fraction of sp³-hybridized carbons (Fsp3) is 0.643. The van der Waals surface area contributed by atoms with Gasteiger partial charge >= 0.3 is 0 Å². The van der Waals surface area contributed by atoms with Crippen molar-refractivity contribution in [1.29, 1.82) is 0 Å². The standard InChI is InChI=1S/C14H23N3O3/c1-7-17(8-2)14(3,4)12(18)11-13(20-6)16-10(19-5)9-15-11/h9H,7-8H2,1-6H3. The average Bonchev–Trinajstić information content (AvgIpc) is 2.46. The molecule has 0 unspecified atom stereocenters. The number of ketones is 1. The van der Waals surface area contributed by atoms with E-state index in [0.717, 1.165) is 13.1 Å². The van der Waals surface area contributed by atoms with Gasteiger partial charge in [0, 0.05) is 0 Å². The lowest BCUT2D eigenvalue weighted by Crippen LogP contribution is -2.50. The molecule has 0 aliphatic heterocycles. The van der Waals surface area contributed by atoms with E-state index in [4.69, 9.17) is 9.47 Å². The van der Waals surface area contributed by atoms with Crippen LogP contribution in [0.4, 0.5) is 0 Å². The zero-order valence-corrected chi connectivity index (χ0v) is 13.1. The summed E-state index contributed by atoms with van der Waals surface area (Å²) in [5, 5.41) is 0. The molecular formula is C14H23N3O3. The number of carbonyl (C=O) groups is 1. The summed E-state index contributed by atoms with van der Waals surface area (Å²) in [4.78, 5) is 23.1. The number of aromatic nitrogens is 2. The molecular weight excluding hydrogens is 258 g/mol. The van der Waals surface area contributed by atoms with Crippen molar-refractivity contribution in [2.45, 2.75) is 33.2 Å². The van der Waals surface area contributed by atoms with E-state index < -0.39 is 5.54 Å². The van der Waals surface area contributed by atoms with E-state index in [9.17, 15) is 4.79 Å². The first-order chi connectivity index (χ1) is 9.42. The minimum Gasteiger partial charge on any atom is -0.480 e. The highest BCUT2D eigenvalue weighted by molar-refractivity contribution is 6.02. The first kappa shape index (κ1) is 16.4. The summed E-state index contributed by atoms with van der Waals surface area (Å²) in [7, 11) is 2.95. The Bertz CT molecular complexity index is 471. The normalized spacial score (nSPS) is 11.6. The quantitative estimate of drug-likeness (QED) is 0.710. The zero-order valence-electron chi connectivity index (χ0n) is 13.1. The molecule has 6 heteroatoms. The highest BCUT2D eigenvalue weighted by Gasteiger charge is 2.36. The second kappa shape index (κ2) is 6.65. The van der Waals surface area contributed by atoms with Crippen molar-refractivity contribution in [2.75, 3.05) is 27.3 Å². The lowest BCUT2D eigenvalue weighted by molar-refractivity contribution is 0.0658. The van der Waals surface area contributed by atoms with Crippen LogP contribution in [0.25, 0.3) is 0 Å². The first-order valence-electron chi connectivity index (χ1n) is 6.67. The number of likely N-dealkylation sites (N-methyl/N-ethyl adjacent to an activating group) is 1. The molecule has 0 aromatic carbocycles. The van der Waals surface area contributed by atoms with Gasteiger partial charge in [-0.25, -0.2) is 4.98 Å². The number of carbonyl (C=O) groups excluding carboxylic acids is 1. The van der Waals surface area contributed by atoms with Crippen molar-refractivity contribution >= 4 is 5.78 Å². The van der Waals surface area contributed by atoms with Crippen LogP contribution in [-0.2, 0) is 0 Å². The smallest absolute Gasteiger partial charge is 0.246 e. The molecule has 6 nitrogen and oxygen atoms in total. The van der Waals surface area contributed by atoms with Gasteiger partial charge in [-0.2, -0.15) is 4.98 Å². The summed E-state index contributed by atoms with van der Waals surface area (Å²) in [5.74, 6) is 0.391. The molecule has 1 rings (SSSR count). The van der Waals surface area contributed by atoms with Gasteiger partial charge in [-0.1, -0.05) is 13.8 Å². The minimum absolute atomic E-state index is 0.117. The lowest BCUT2D eigenvalue weighted by Gasteiger charge is -2.35. The van der Waals surface area contributed by atoms with Crippen LogP contribution in [0.5, 0.6) is 11.8 Å². The van der Waals surface area contributed by atoms with Crippen LogP contribution < -0.4 is 9.47 Å². The van der Waals surface area contributed by atoms with Crippen molar-refractivity contribution in [2.24, 2.45) is 0 Å². The summed E-state index contributed by atoms with van der Waals surface area (Å²) in [6.07, 6.45) is 1.42. The molecule has 0 atom stereocenters. The molecule has 0 aliphatic rings. The highest BCUT2D eigenvalue weighted by Crippen LogP contribution is 2.25. The predicted octanol–water partition coefficient (Wildman–Crippen LogP) is 1.80. The zero-order chi connectivity index (χ0) is 15.3. The van der Waals surface area contributed by atoms with E-state index in [1.807, 2.05) is 27.7 Å². The maximum Gasteiger partial charge on any atom is 0.246 e. The van der Waals surface area contributed by atoms with Gasteiger partial charge in [-0.3, -0.25) is 9.69 Å². The molecule has 1 heterocycles. The summed E-state index contributed by atoms with van der Waals surface area (Å²) < 4.78 is 10.1. The molecule has 0 fully saturated rings. The van der Waals surface area contributed by atoms with Gasteiger partial charge in [0.25, 0.3) is 0 Å². The van der Waals surface area contributed by atoms with Crippen molar-refractivity contribution < 1.29 is 14.3 Å². The van der Waals surface area contributed by atoms with Crippen LogP contribution in [0.1, 0.15) is 38.2 Å². The SMILES string of the molecule is CCN(CC)C(C)(C)C(=O)c1ncc(OC)nc1OC. The van der Waals surface area contributed by atoms with Crippen LogP contribution in [0.2, 0.25) is 0 Å². The van der Waals surface area contributed by atoms with Crippen LogP contribution >= 0.6 is 0 Å². The summed E-state index contributed by atoms with van der Waals surface area (Å²) >= 11 is 0. The monoisotopic (exact) mass is 281 g/mol. The minimum atomic E-state index is -0.667. The van der Waals surface area contributed by atoms with Crippen LogP contribution in [0, 0.1) is 0 Å².